The van der Waals surface area contributed by atoms with Crippen molar-refractivity contribution in [2.45, 2.75) is 44.7 Å². The Morgan fingerprint density at radius 1 is 1.42 bits per heavy atom. The summed E-state index contributed by atoms with van der Waals surface area (Å²) in [5, 5.41) is 0.777. The van der Waals surface area contributed by atoms with Crippen molar-refractivity contribution in [1.82, 2.24) is 4.90 Å². The van der Waals surface area contributed by atoms with Crippen LogP contribution < -0.4 is 5.73 Å². The molecule has 2 unspecified atom stereocenters. The number of nitrogens with two attached hydrogens (primary N) is 1. The minimum atomic E-state index is 0.251. The summed E-state index contributed by atoms with van der Waals surface area (Å²) in [6, 6.07) is 6.81. The number of nitrogens with zero attached hydrogens (tertiary/aromatic N) is 1. The molecule has 1 saturated heterocycles. The van der Waals surface area contributed by atoms with E-state index in [4.69, 9.17) is 17.3 Å². The van der Waals surface area contributed by atoms with Gasteiger partial charge in [0, 0.05) is 28.1 Å². The number of hydrogen-bond acceptors (Lipinski definition) is 2. The van der Waals surface area contributed by atoms with Gasteiger partial charge in [0.15, 0.2) is 0 Å². The topological polar surface area (TPSA) is 29.3 Å². The first-order chi connectivity index (χ1) is 9.13. The highest BCUT2D eigenvalue weighted by molar-refractivity contribution is 9.10. The Hall–Kier alpha value is -0.0900. The van der Waals surface area contributed by atoms with Gasteiger partial charge in [-0.1, -0.05) is 40.4 Å². The standard InChI is InChI=1S/C15H22BrClN2/c1-11-5-3-2-4-8-19(11)15(10-18)13-9-12(17)6-7-14(13)16/h6-7,9,11,15H,2-5,8,10,18H2,1H3. The molecule has 2 N–H and O–H groups in total. The molecule has 0 aromatic heterocycles. The third-order valence-corrected chi connectivity index (χ3v) is 5.00. The van der Waals surface area contributed by atoms with Crippen LogP contribution in [0.15, 0.2) is 22.7 Å². The van der Waals surface area contributed by atoms with Gasteiger partial charge in [-0.05, 0) is 50.1 Å². The quantitative estimate of drug-likeness (QED) is 0.881. The van der Waals surface area contributed by atoms with Crippen LogP contribution in [0.4, 0.5) is 0 Å². The van der Waals surface area contributed by atoms with E-state index in [0.29, 0.717) is 12.6 Å². The second-order valence-electron chi connectivity index (χ2n) is 5.35. The van der Waals surface area contributed by atoms with E-state index in [9.17, 15) is 0 Å². The largest absolute Gasteiger partial charge is 0.329 e. The predicted molar refractivity (Wildman–Crippen MR) is 85.6 cm³/mol. The smallest absolute Gasteiger partial charge is 0.0484 e. The minimum Gasteiger partial charge on any atom is -0.329 e. The summed E-state index contributed by atoms with van der Waals surface area (Å²) in [4.78, 5) is 2.55. The molecule has 2 atom stereocenters. The van der Waals surface area contributed by atoms with Crippen molar-refractivity contribution in [1.29, 1.82) is 0 Å². The summed E-state index contributed by atoms with van der Waals surface area (Å²) >= 11 is 9.78. The normalized spacial score (nSPS) is 23.1. The molecular formula is C15H22BrClN2. The van der Waals surface area contributed by atoms with Gasteiger partial charge in [0.05, 0.1) is 0 Å². The fourth-order valence-corrected chi connectivity index (χ4v) is 3.66. The van der Waals surface area contributed by atoms with E-state index in [2.05, 4.69) is 27.8 Å². The number of rotatable bonds is 3. The molecule has 1 aromatic carbocycles. The van der Waals surface area contributed by atoms with E-state index in [0.717, 1.165) is 16.0 Å². The first-order valence-electron chi connectivity index (χ1n) is 7.04. The monoisotopic (exact) mass is 344 g/mol. The van der Waals surface area contributed by atoms with Gasteiger partial charge in [-0.2, -0.15) is 0 Å². The van der Waals surface area contributed by atoms with E-state index in [-0.39, 0.29) is 6.04 Å². The maximum absolute atomic E-state index is 6.15. The van der Waals surface area contributed by atoms with E-state index in [1.165, 1.54) is 31.2 Å². The highest BCUT2D eigenvalue weighted by Crippen LogP contribution is 2.33. The molecule has 1 heterocycles. The molecule has 2 nitrogen and oxygen atoms in total. The summed E-state index contributed by atoms with van der Waals surface area (Å²) in [5.74, 6) is 0. The Morgan fingerprint density at radius 2 is 2.21 bits per heavy atom. The van der Waals surface area contributed by atoms with Gasteiger partial charge < -0.3 is 5.73 Å². The van der Waals surface area contributed by atoms with Crippen molar-refractivity contribution in [3.05, 3.63) is 33.3 Å². The summed E-state index contributed by atoms with van der Waals surface area (Å²) in [6.45, 7) is 4.07. The Morgan fingerprint density at radius 3 is 2.95 bits per heavy atom. The molecule has 0 saturated carbocycles. The third-order valence-electron chi connectivity index (χ3n) is 4.05. The fourth-order valence-electron chi connectivity index (χ4n) is 2.97. The van der Waals surface area contributed by atoms with Crippen LogP contribution in [0.2, 0.25) is 5.02 Å². The van der Waals surface area contributed by atoms with Crippen LogP contribution in [-0.4, -0.2) is 24.0 Å². The zero-order valence-electron chi connectivity index (χ0n) is 11.4. The molecule has 0 amide bonds. The Kier molecular flexibility index (Phi) is 5.70. The SMILES string of the molecule is CC1CCCCCN1C(CN)c1cc(Cl)ccc1Br. The zero-order chi connectivity index (χ0) is 13.8. The molecule has 0 aliphatic carbocycles. The summed E-state index contributed by atoms with van der Waals surface area (Å²) < 4.78 is 1.10. The van der Waals surface area contributed by atoms with Crippen LogP contribution in [0.3, 0.4) is 0 Å². The molecule has 1 aliphatic rings. The lowest BCUT2D eigenvalue weighted by molar-refractivity contribution is 0.150. The Bertz CT molecular complexity index is 425. The molecule has 0 spiro atoms. The van der Waals surface area contributed by atoms with Crippen molar-refractivity contribution < 1.29 is 0 Å². The second kappa shape index (κ2) is 7.07. The van der Waals surface area contributed by atoms with Crippen LogP contribution in [0, 0.1) is 0 Å². The van der Waals surface area contributed by atoms with Crippen molar-refractivity contribution in [3.63, 3.8) is 0 Å². The van der Waals surface area contributed by atoms with Gasteiger partial charge in [-0.3, -0.25) is 4.90 Å². The molecule has 1 aliphatic heterocycles. The van der Waals surface area contributed by atoms with Crippen LogP contribution in [-0.2, 0) is 0 Å². The van der Waals surface area contributed by atoms with Crippen molar-refractivity contribution in [3.8, 4) is 0 Å². The lowest BCUT2D eigenvalue weighted by atomic mass is 10.0. The zero-order valence-corrected chi connectivity index (χ0v) is 13.8. The predicted octanol–water partition coefficient (Wildman–Crippen LogP) is 4.37. The summed E-state index contributed by atoms with van der Waals surface area (Å²) in [6.07, 6.45) is 5.17. The lowest BCUT2D eigenvalue weighted by Gasteiger charge is -2.35. The van der Waals surface area contributed by atoms with Gasteiger partial charge in [-0.15, -0.1) is 0 Å². The number of halogens is 2. The molecule has 106 valence electrons. The minimum absolute atomic E-state index is 0.251. The van der Waals surface area contributed by atoms with Crippen molar-refractivity contribution in [2.75, 3.05) is 13.1 Å². The van der Waals surface area contributed by atoms with Crippen molar-refractivity contribution >= 4 is 27.5 Å². The molecular weight excluding hydrogens is 324 g/mol. The molecule has 0 bridgehead atoms. The summed E-state index contributed by atoms with van der Waals surface area (Å²) in [7, 11) is 0. The van der Waals surface area contributed by atoms with E-state index >= 15 is 0 Å². The van der Waals surface area contributed by atoms with Gasteiger partial charge in [0.25, 0.3) is 0 Å². The van der Waals surface area contributed by atoms with Crippen LogP contribution in [0.1, 0.15) is 44.2 Å². The van der Waals surface area contributed by atoms with Gasteiger partial charge in [0.1, 0.15) is 0 Å². The van der Waals surface area contributed by atoms with Crippen molar-refractivity contribution in [2.24, 2.45) is 5.73 Å². The average Bonchev–Trinajstić information content (AvgIpc) is 2.60. The van der Waals surface area contributed by atoms with E-state index in [1.807, 2.05) is 18.2 Å². The summed E-state index contributed by atoms with van der Waals surface area (Å²) in [5.41, 5.74) is 7.27. The van der Waals surface area contributed by atoms with Crippen LogP contribution in [0.25, 0.3) is 0 Å². The number of hydrogen-bond donors (Lipinski definition) is 1. The maximum Gasteiger partial charge on any atom is 0.0484 e. The molecule has 1 aromatic rings. The highest BCUT2D eigenvalue weighted by atomic mass is 79.9. The van der Waals surface area contributed by atoms with E-state index < -0.39 is 0 Å². The van der Waals surface area contributed by atoms with Crippen LogP contribution >= 0.6 is 27.5 Å². The fraction of sp³-hybridized carbons (Fsp3) is 0.600. The van der Waals surface area contributed by atoms with Gasteiger partial charge in [0.2, 0.25) is 0 Å². The van der Waals surface area contributed by atoms with Gasteiger partial charge >= 0.3 is 0 Å². The number of likely N-dealkylation sites (tertiary alicyclic amines) is 1. The molecule has 4 heteroatoms. The highest BCUT2D eigenvalue weighted by Gasteiger charge is 2.26. The van der Waals surface area contributed by atoms with Crippen LogP contribution in [0.5, 0.6) is 0 Å². The molecule has 19 heavy (non-hydrogen) atoms. The lowest BCUT2D eigenvalue weighted by Crippen LogP contribution is -2.40. The Balaban J connectivity index is 2.29. The molecule has 1 fully saturated rings. The first kappa shape index (κ1) is 15.3. The molecule has 2 rings (SSSR count). The molecule has 0 radical (unpaired) electrons. The van der Waals surface area contributed by atoms with Gasteiger partial charge in [-0.25, -0.2) is 0 Å². The first-order valence-corrected chi connectivity index (χ1v) is 8.21. The Labute approximate surface area is 129 Å². The average molecular weight is 346 g/mol. The van der Waals surface area contributed by atoms with E-state index in [1.54, 1.807) is 0 Å². The third kappa shape index (κ3) is 3.72. The second-order valence-corrected chi connectivity index (χ2v) is 6.64. The number of benzene rings is 1. The maximum atomic E-state index is 6.15.